The van der Waals surface area contributed by atoms with Gasteiger partial charge < -0.3 is 4.90 Å². The molecule has 2 unspecified atom stereocenters. The van der Waals surface area contributed by atoms with Crippen LogP contribution in [0.15, 0.2) is 23.1 Å². The van der Waals surface area contributed by atoms with E-state index in [0.29, 0.717) is 17.9 Å². The number of fused-ring (bicyclic) bond motifs is 1. The normalized spacial score (nSPS) is 25.4. The summed E-state index contributed by atoms with van der Waals surface area (Å²) in [6, 6.07) is 5.23. The summed E-state index contributed by atoms with van der Waals surface area (Å²) in [4.78, 5) is 13.7. The van der Waals surface area contributed by atoms with Gasteiger partial charge in [-0.25, -0.2) is 8.42 Å². The highest BCUT2D eigenvalue weighted by Crippen LogP contribution is 2.34. The van der Waals surface area contributed by atoms with E-state index >= 15 is 0 Å². The van der Waals surface area contributed by atoms with Gasteiger partial charge >= 0.3 is 0 Å². The Balaban J connectivity index is 1.97. The molecule has 5 nitrogen and oxygen atoms in total. The summed E-state index contributed by atoms with van der Waals surface area (Å²) in [5.74, 6) is -0.00219. The highest BCUT2D eigenvalue weighted by atomic mass is 32.2. The maximum atomic E-state index is 13.1. The number of rotatable bonds is 2. The molecule has 0 saturated carbocycles. The van der Waals surface area contributed by atoms with Crippen LogP contribution in [0.3, 0.4) is 0 Å². The van der Waals surface area contributed by atoms with Crippen LogP contribution in [0.4, 0.5) is 5.69 Å². The number of anilines is 1. The van der Waals surface area contributed by atoms with Crippen molar-refractivity contribution in [2.24, 2.45) is 0 Å². The number of hydrogen-bond acceptors (Lipinski definition) is 3. The first-order valence-electron chi connectivity index (χ1n) is 8.27. The van der Waals surface area contributed by atoms with Gasteiger partial charge in [0.15, 0.2) is 0 Å². The van der Waals surface area contributed by atoms with Crippen LogP contribution < -0.4 is 4.90 Å². The van der Waals surface area contributed by atoms with Crippen molar-refractivity contribution in [3.63, 3.8) is 0 Å². The minimum Gasteiger partial charge on any atom is -0.312 e. The number of hydrogen-bond donors (Lipinski definition) is 0. The largest absolute Gasteiger partial charge is 0.312 e. The smallest absolute Gasteiger partial charge is 0.243 e. The van der Waals surface area contributed by atoms with E-state index in [1.807, 2.05) is 13.8 Å². The van der Waals surface area contributed by atoms with Crippen molar-refractivity contribution in [2.75, 3.05) is 11.4 Å². The molecule has 1 saturated heterocycles. The molecule has 1 fully saturated rings. The standard InChI is InChI=1S/C17H24N2O3S/c1-12-5-4-6-13(2)19(12)23(21,22)16-7-8-17-15(11-16)9-10-18(17)14(3)20/h7-8,11-13H,4-6,9-10H2,1-3H3. The summed E-state index contributed by atoms with van der Waals surface area (Å²) < 4.78 is 27.8. The minimum atomic E-state index is -3.49. The molecule has 0 aliphatic carbocycles. The van der Waals surface area contributed by atoms with Gasteiger partial charge in [0.1, 0.15) is 0 Å². The van der Waals surface area contributed by atoms with Crippen LogP contribution in [0.2, 0.25) is 0 Å². The van der Waals surface area contributed by atoms with Crippen molar-refractivity contribution in [3.05, 3.63) is 23.8 Å². The predicted octanol–water partition coefficient (Wildman–Crippen LogP) is 2.55. The van der Waals surface area contributed by atoms with Crippen molar-refractivity contribution in [1.82, 2.24) is 4.31 Å². The van der Waals surface area contributed by atoms with Gasteiger partial charge in [-0.15, -0.1) is 0 Å². The second-order valence-corrected chi connectivity index (χ2v) is 8.52. The third-order valence-electron chi connectivity index (χ3n) is 5.01. The second-order valence-electron chi connectivity index (χ2n) is 6.68. The summed E-state index contributed by atoms with van der Waals surface area (Å²) in [7, 11) is -3.49. The Morgan fingerprint density at radius 2 is 1.83 bits per heavy atom. The van der Waals surface area contributed by atoms with Gasteiger partial charge in [-0.2, -0.15) is 4.31 Å². The number of sulfonamides is 1. The SMILES string of the molecule is CC(=O)N1CCc2cc(S(=O)(=O)N3C(C)CCCC3C)ccc21. The molecular formula is C17H24N2O3S. The highest BCUT2D eigenvalue weighted by molar-refractivity contribution is 7.89. The van der Waals surface area contributed by atoms with E-state index in [4.69, 9.17) is 0 Å². The molecule has 2 atom stereocenters. The van der Waals surface area contributed by atoms with E-state index in [-0.39, 0.29) is 18.0 Å². The Morgan fingerprint density at radius 3 is 2.43 bits per heavy atom. The summed E-state index contributed by atoms with van der Waals surface area (Å²) in [6.45, 7) is 6.14. The third-order valence-corrected chi connectivity index (χ3v) is 7.14. The van der Waals surface area contributed by atoms with Crippen LogP contribution >= 0.6 is 0 Å². The zero-order valence-electron chi connectivity index (χ0n) is 13.9. The lowest BCUT2D eigenvalue weighted by atomic mass is 10.0. The van der Waals surface area contributed by atoms with E-state index in [1.165, 1.54) is 6.92 Å². The molecule has 3 rings (SSSR count). The van der Waals surface area contributed by atoms with E-state index < -0.39 is 10.0 Å². The quantitative estimate of drug-likeness (QED) is 0.834. The fourth-order valence-electron chi connectivity index (χ4n) is 3.86. The second kappa shape index (κ2) is 5.91. The van der Waals surface area contributed by atoms with E-state index in [2.05, 4.69) is 0 Å². The zero-order chi connectivity index (χ0) is 16.8. The Hall–Kier alpha value is -1.40. The Morgan fingerprint density at radius 1 is 1.17 bits per heavy atom. The first-order valence-corrected chi connectivity index (χ1v) is 9.71. The van der Waals surface area contributed by atoms with Crippen LogP contribution in [-0.2, 0) is 21.2 Å². The van der Waals surface area contributed by atoms with E-state index in [9.17, 15) is 13.2 Å². The van der Waals surface area contributed by atoms with Gasteiger partial charge in [0.2, 0.25) is 15.9 Å². The molecule has 0 N–H and O–H groups in total. The lowest BCUT2D eigenvalue weighted by Gasteiger charge is -2.37. The van der Waals surface area contributed by atoms with Crippen LogP contribution in [0.5, 0.6) is 0 Å². The van der Waals surface area contributed by atoms with Gasteiger partial charge in [-0.05, 0) is 56.9 Å². The molecule has 0 bridgehead atoms. The molecule has 6 heteroatoms. The van der Waals surface area contributed by atoms with Crippen LogP contribution in [0.1, 0.15) is 45.6 Å². The third kappa shape index (κ3) is 2.78. The molecule has 1 aromatic rings. The van der Waals surface area contributed by atoms with Gasteiger partial charge in [-0.3, -0.25) is 4.79 Å². The Kier molecular flexibility index (Phi) is 4.23. The monoisotopic (exact) mass is 336 g/mol. The maximum absolute atomic E-state index is 13.1. The Labute approximate surface area is 138 Å². The van der Waals surface area contributed by atoms with Crippen molar-refractivity contribution >= 4 is 21.6 Å². The van der Waals surface area contributed by atoms with Crippen LogP contribution in [-0.4, -0.2) is 37.3 Å². The summed E-state index contributed by atoms with van der Waals surface area (Å²) in [5.41, 5.74) is 1.79. The molecule has 126 valence electrons. The van der Waals surface area contributed by atoms with Crippen molar-refractivity contribution in [2.45, 2.75) is 63.4 Å². The van der Waals surface area contributed by atoms with Crippen molar-refractivity contribution < 1.29 is 13.2 Å². The van der Waals surface area contributed by atoms with Crippen molar-refractivity contribution in [3.8, 4) is 0 Å². The van der Waals surface area contributed by atoms with Gasteiger partial charge in [0.25, 0.3) is 0 Å². The van der Waals surface area contributed by atoms with Gasteiger partial charge in [0, 0.05) is 31.2 Å². The van der Waals surface area contributed by atoms with Gasteiger partial charge in [-0.1, -0.05) is 6.42 Å². The van der Waals surface area contributed by atoms with Gasteiger partial charge in [0.05, 0.1) is 4.90 Å². The van der Waals surface area contributed by atoms with Crippen molar-refractivity contribution in [1.29, 1.82) is 0 Å². The number of nitrogens with zero attached hydrogens (tertiary/aromatic N) is 2. The number of carbonyl (C=O) groups excluding carboxylic acids is 1. The average molecular weight is 336 g/mol. The number of benzene rings is 1. The molecule has 2 heterocycles. The molecule has 2 aliphatic heterocycles. The average Bonchev–Trinajstić information content (AvgIpc) is 2.89. The lowest BCUT2D eigenvalue weighted by molar-refractivity contribution is -0.116. The van der Waals surface area contributed by atoms with E-state index in [1.54, 1.807) is 27.4 Å². The molecule has 1 aromatic carbocycles. The summed E-state index contributed by atoms with van der Waals surface area (Å²) in [6.07, 6.45) is 3.61. The fourth-order valence-corrected chi connectivity index (χ4v) is 5.79. The van der Waals surface area contributed by atoms with Crippen LogP contribution in [0, 0.1) is 0 Å². The molecule has 2 aliphatic rings. The first-order chi connectivity index (χ1) is 10.8. The fraction of sp³-hybridized carbons (Fsp3) is 0.588. The first kappa shape index (κ1) is 16.5. The highest BCUT2D eigenvalue weighted by Gasteiger charge is 2.36. The topological polar surface area (TPSA) is 57.7 Å². The zero-order valence-corrected chi connectivity index (χ0v) is 14.8. The molecule has 1 amide bonds. The molecule has 0 spiro atoms. The lowest BCUT2D eigenvalue weighted by Crippen LogP contribution is -2.47. The molecular weight excluding hydrogens is 312 g/mol. The molecule has 23 heavy (non-hydrogen) atoms. The number of amides is 1. The van der Waals surface area contributed by atoms with Crippen LogP contribution in [0.25, 0.3) is 0 Å². The Bertz CT molecular complexity index is 719. The maximum Gasteiger partial charge on any atom is 0.243 e. The molecule has 0 aromatic heterocycles. The number of carbonyl (C=O) groups is 1. The summed E-state index contributed by atoms with van der Waals surface area (Å²) in [5, 5.41) is 0. The molecule has 0 radical (unpaired) electrons. The predicted molar refractivity (Wildman–Crippen MR) is 90.0 cm³/mol. The van der Waals surface area contributed by atoms with E-state index in [0.717, 1.165) is 30.5 Å². The summed E-state index contributed by atoms with van der Waals surface area (Å²) >= 11 is 0. The number of piperidine rings is 1. The minimum absolute atomic E-state index is 0.00219.